The minimum Gasteiger partial charge on any atom is -0.435 e. The molecular formula is C48H41N3O. The van der Waals surface area contributed by atoms with E-state index in [0.717, 1.165) is 41.0 Å². The molecule has 0 fully saturated rings. The van der Waals surface area contributed by atoms with Crippen LogP contribution < -0.4 is 4.90 Å². The first kappa shape index (κ1) is 34.0. The summed E-state index contributed by atoms with van der Waals surface area (Å²) >= 11 is 0. The van der Waals surface area contributed by atoms with Crippen LogP contribution in [0.1, 0.15) is 72.2 Å². The lowest BCUT2D eigenvalue weighted by Gasteiger charge is -2.26. The minimum atomic E-state index is 0.322. The molecule has 4 nitrogen and oxygen atoms in total. The van der Waals surface area contributed by atoms with Gasteiger partial charge < -0.3 is 9.32 Å². The second-order valence-electron chi connectivity index (χ2n) is 13.2. The molecule has 2 atom stereocenters. The van der Waals surface area contributed by atoms with Gasteiger partial charge in [0.15, 0.2) is 5.58 Å². The van der Waals surface area contributed by atoms with E-state index in [1.807, 2.05) is 54.6 Å². The number of nitriles is 1. The number of rotatable bonds is 12. The van der Waals surface area contributed by atoms with Crippen LogP contribution in [-0.2, 0) is 0 Å². The number of para-hydroxylation sites is 3. The summed E-state index contributed by atoms with van der Waals surface area (Å²) in [5, 5.41) is 9.92. The van der Waals surface area contributed by atoms with Crippen molar-refractivity contribution in [3.8, 4) is 6.07 Å². The predicted octanol–water partition coefficient (Wildman–Crippen LogP) is 13.2. The Morgan fingerprint density at radius 1 is 0.654 bits per heavy atom. The number of oxazole rings is 1. The molecule has 52 heavy (non-hydrogen) atoms. The fourth-order valence-corrected chi connectivity index (χ4v) is 6.73. The zero-order chi connectivity index (χ0) is 35.7. The molecule has 7 rings (SSSR count). The lowest BCUT2D eigenvalue weighted by molar-refractivity contribution is 0.544. The normalized spacial score (nSPS) is 12.8. The summed E-state index contributed by atoms with van der Waals surface area (Å²) in [5.41, 5.74) is 11.0. The third-order valence-electron chi connectivity index (χ3n) is 9.65. The molecular weight excluding hydrogens is 635 g/mol. The van der Waals surface area contributed by atoms with Crippen molar-refractivity contribution >= 4 is 52.0 Å². The van der Waals surface area contributed by atoms with E-state index in [1.54, 1.807) is 0 Å². The molecule has 0 aliphatic heterocycles. The summed E-state index contributed by atoms with van der Waals surface area (Å²) in [4.78, 5) is 6.77. The van der Waals surface area contributed by atoms with E-state index in [-0.39, 0.29) is 0 Å². The summed E-state index contributed by atoms with van der Waals surface area (Å²) in [6.45, 7) is 4.63. The van der Waals surface area contributed by atoms with Crippen LogP contribution in [0.2, 0.25) is 0 Å². The van der Waals surface area contributed by atoms with Crippen LogP contribution >= 0.6 is 0 Å². The van der Waals surface area contributed by atoms with Gasteiger partial charge >= 0.3 is 0 Å². The topological polar surface area (TPSA) is 53.1 Å². The number of fused-ring (bicyclic) bond motifs is 1. The molecule has 4 heteroatoms. The summed E-state index contributed by atoms with van der Waals surface area (Å²) in [5.74, 6) is 1.21. The van der Waals surface area contributed by atoms with E-state index in [1.165, 1.54) is 22.3 Å². The standard InChI is InChI=1S/C48H41N3O/c1-3-39(41-24-20-37(21-25-41)19-18-36-12-6-4-7-13-36)32-35(2)40-26-30-45(31-27-40)51(43-14-8-5-9-15-43)44-28-22-38(23-29-44)33-42(34-49)48-50-46-16-10-11-17-47(46)52-48/h4-31,33,35,39H,3,32H2,1-2H3/b19-18+,42-33-. The van der Waals surface area contributed by atoms with E-state index in [9.17, 15) is 5.26 Å². The van der Waals surface area contributed by atoms with E-state index < -0.39 is 0 Å². The van der Waals surface area contributed by atoms with Gasteiger partial charge in [-0.2, -0.15) is 5.26 Å². The highest BCUT2D eigenvalue weighted by Gasteiger charge is 2.18. The highest BCUT2D eigenvalue weighted by atomic mass is 16.3. The number of hydrogen-bond acceptors (Lipinski definition) is 4. The first-order chi connectivity index (χ1) is 25.6. The zero-order valence-corrected chi connectivity index (χ0v) is 29.6. The van der Waals surface area contributed by atoms with Crippen molar-refractivity contribution in [2.75, 3.05) is 4.90 Å². The maximum absolute atomic E-state index is 9.92. The van der Waals surface area contributed by atoms with E-state index in [2.05, 4.69) is 151 Å². The maximum atomic E-state index is 9.92. The average molecular weight is 676 g/mol. The molecule has 0 saturated heterocycles. The lowest BCUT2D eigenvalue weighted by atomic mass is 9.84. The zero-order valence-electron chi connectivity index (χ0n) is 29.6. The Kier molecular flexibility index (Phi) is 10.5. The van der Waals surface area contributed by atoms with E-state index in [0.29, 0.717) is 28.9 Å². The van der Waals surface area contributed by atoms with Gasteiger partial charge in [0.05, 0.1) is 0 Å². The molecule has 0 aliphatic rings. The van der Waals surface area contributed by atoms with Gasteiger partial charge in [0.2, 0.25) is 5.89 Å². The number of nitrogens with zero attached hydrogens (tertiary/aromatic N) is 3. The van der Waals surface area contributed by atoms with Crippen molar-refractivity contribution in [2.45, 2.75) is 38.5 Å². The molecule has 254 valence electrons. The van der Waals surface area contributed by atoms with Gasteiger partial charge in [0.1, 0.15) is 17.2 Å². The Labute approximate surface area is 306 Å². The average Bonchev–Trinajstić information content (AvgIpc) is 3.64. The number of aromatic nitrogens is 1. The molecule has 0 aliphatic carbocycles. The summed E-state index contributed by atoms with van der Waals surface area (Å²) in [6, 6.07) is 56.9. The fraction of sp³-hybridized carbons (Fsp3) is 0.125. The van der Waals surface area contributed by atoms with Gasteiger partial charge in [-0.3, -0.25) is 0 Å². The van der Waals surface area contributed by atoms with Gasteiger partial charge in [0, 0.05) is 17.1 Å². The quantitative estimate of drug-likeness (QED) is 0.0955. The van der Waals surface area contributed by atoms with Crippen LogP contribution in [0, 0.1) is 11.3 Å². The molecule has 0 bridgehead atoms. The van der Waals surface area contributed by atoms with Crippen molar-refractivity contribution in [3.05, 3.63) is 191 Å². The van der Waals surface area contributed by atoms with Crippen LogP contribution in [0.4, 0.5) is 17.1 Å². The molecule has 0 radical (unpaired) electrons. The van der Waals surface area contributed by atoms with Gasteiger partial charge in [-0.15, -0.1) is 0 Å². The predicted molar refractivity (Wildman–Crippen MR) is 216 cm³/mol. The first-order valence-corrected chi connectivity index (χ1v) is 17.9. The van der Waals surface area contributed by atoms with E-state index in [4.69, 9.17) is 4.42 Å². The Balaban J connectivity index is 1.07. The van der Waals surface area contributed by atoms with Gasteiger partial charge in [-0.1, -0.05) is 135 Å². The maximum Gasteiger partial charge on any atom is 0.238 e. The Hall–Kier alpha value is -6.44. The van der Waals surface area contributed by atoms with Crippen LogP contribution in [0.3, 0.4) is 0 Å². The van der Waals surface area contributed by atoms with Crippen LogP contribution in [0.25, 0.3) is 34.9 Å². The number of benzene rings is 6. The lowest BCUT2D eigenvalue weighted by Crippen LogP contribution is -2.10. The van der Waals surface area contributed by atoms with Gasteiger partial charge in [-0.05, 0) is 107 Å². The van der Waals surface area contributed by atoms with Crippen LogP contribution in [0.15, 0.2) is 162 Å². The van der Waals surface area contributed by atoms with Crippen molar-refractivity contribution in [3.63, 3.8) is 0 Å². The number of anilines is 3. The molecule has 1 heterocycles. The van der Waals surface area contributed by atoms with Crippen molar-refractivity contribution in [1.82, 2.24) is 4.98 Å². The fourth-order valence-electron chi connectivity index (χ4n) is 6.73. The SMILES string of the molecule is CCC(CC(C)c1ccc(N(c2ccccc2)c2ccc(/C=C(/C#N)c3nc4ccccc4o3)cc2)cc1)c1ccc(/C=C/c2ccccc2)cc1. The molecule has 0 saturated carbocycles. The van der Waals surface area contributed by atoms with Crippen molar-refractivity contribution in [1.29, 1.82) is 5.26 Å². The second kappa shape index (κ2) is 16.1. The van der Waals surface area contributed by atoms with Crippen molar-refractivity contribution in [2.24, 2.45) is 0 Å². The number of allylic oxidation sites excluding steroid dienone is 1. The monoisotopic (exact) mass is 675 g/mol. The number of hydrogen-bond donors (Lipinski definition) is 0. The Bertz CT molecular complexity index is 2280. The molecule has 0 N–H and O–H groups in total. The van der Waals surface area contributed by atoms with Crippen LogP contribution in [-0.4, -0.2) is 4.98 Å². The third-order valence-corrected chi connectivity index (χ3v) is 9.65. The molecule has 2 unspecified atom stereocenters. The first-order valence-electron chi connectivity index (χ1n) is 17.9. The van der Waals surface area contributed by atoms with Crippen LogP contribution in [0.5, 0.6) is 0 Å². The summed E-state index contributed by atoms with van der Waals surface area (Å²) in [7, 11) is 0. The molecule has 0 amide bonds. The minimum absolute atomic E-state index is 0.322. The van der Waals surface area contributed by atoms with Gasteiger partial charge in [-0.25, -0.2) is 4.98 Å². The third kappa shape index (κ3) is 7.96. The highest BCUT2D eigenvalue weighted by Crippen LogP contribution is 2.37. The molecule has 1 aromatic heterocycles. The summed E-state index contributed by atoms with van der Waals surface area (Å²) in [6.07, 6.45) is 8.34. The molecule has 0 spiro atoms. The largest absolute Gasteiger partial charge is 0.435 e. The summed E-state index contributed by atoms with van der Waals surface area (Å²) < 4.78 is 5.86. The Morgan fingerprint density at radius 3 is 1.83 bits per heavy atom. The van der Waals surface area contributed by atoms with Crippen molar-refractivity contribution < 1.29 is 4.42 Å². The molecule has 7 aromatic rings. The second-order valence-corrected chi connectivity index (χ2v) is 13.2. The van der Waals surface area contributed by atoms with Gasteiger partial charge in [0.25, 0.3) is 0 Å². The molecule has 6 aromatic carbocycles. The smallest absolute Gasteiger partial charge is 0.238 e. The highest BCUT2D eigenvalue weighted by molar-refractivity contribution is 5.89. The van der Waals surface area contributed by atoms with E-state index >= 15 is 0 Å². The Morgan fingerprint density at radius 2 is 1.19 bits per heavy atom.